The van der Waals surface area contributed by atoms with E-state index in [4.69, 9.17) is 11.6 Å². The Labute approximate surface area is 77.1 Å². The summed E-state index contributed by atoms with van der Waals surface area (Å²) in [6.45, 7) is 6.02. The van der Waals surface area contributed by atoms with Crippen molar-refractivity contribution < 1.29 is 4.39 Å². The first-order chi connectivity index (χ1) is 5.34. The Bertz CT molecular complexity index is 296. The third kappa shape index (κ3) is 1.48. The topological polar surface area (TPSA) is 4.93 Å². The molecular formula is C9H13ClFN. The van der Waals surface area contributed by atoms with Crippen molar-refractivity contribution in [1.29, 1.82) is 0 Å². The molecule has 1 heterocycles. The molecule has 1 rings (SSSR count). The lowest BCUT2D eigenvalue weighted by atomic mass is 9.89. The van der Waals surface area contributed by atoms with Crippen LogP contribution in [0, 0.1) is 5.95 Å². The Kier molecular flexibility index (Phi) is 2.21. The molecule has 0 fully saturated rings. The summed E-state index contributed by atoms with van der Waals surface area (Å²) in [6, 6.07) is 0. The van der Waals surface area contributed by atoms with E-state index in [2.05, 4.69) is 0 Å². The third-order valence-corrected chi connectivity index (χ3v) is 2.22. The fourth-order valence-electron chi connectivity index (χ4n) is 1.10. The lowest BCUT2D eigenvalue weighted by molar-refractivity contribution is 0.535. The van der Waals surface area contributed by atoms with Crippen LogP contribution >= 0.6 is 11.6 Å². The summed E-state index contributed by atoms with van der Waals surface area (Å²) in [5, 5.41) is 0.241. The van der Waals surface area contributed by atoms with Gasteiger partial charge >= 0.3 is 0 Å². The Morgan fingerprint density at radius 1 is 1.42 bits per heavy atom. The van der Waals surface area contributed by atoms with Crippen LogP contribution in [0.25, 0.3) is 0 Å². The van der Waals surface area contributed by atoms with Crippen molar-refractivity contribution in [1.82, 2.24) is 4.57 Å². The van der Waals surface area contributed by atoms with E-state index in [0.717, 1.165) is 5.56 Å². The SMILES string of the molecule is Cn1cc(C(C)(C)C)c(Cl)c1F. The summed E-state index contributed by atoms with van der Waals surface area (Å²) in [5.41, 5.74) is 0.753. The summed E-state index contributed by atoms with van der Waals surface area (Å²) in [5.74, 6) is -0.360. The van der Waals surface area contributed by atoms with Gasteiger partial charge in [-0.15, -0.1) is 0 Å². The van der Waals surface area contributed by atoms with Crippen LogP contribution in [-0.2, 0) is 12.5 Å². The first-order valence-corrected chi connectivity index (χ1v) is 4.22. The predicted molar refractivity (Wildman–Crippen MR) is 49.1 cm³/mol. The molecule has 0 aromatic carbocycles. The molecule has 0 bridgehead atoms. The molecule has 1 nitrogen and oxygen atoms in total. The molecule has 12 heavy (non-hydrogen) atoms. The largest absolute Gasteiger partial charge is 0.326 e. The van der Waals surface area contributed by atoms with Crippen molar-refractivity contribution in [2.24, 2.45) is 7.05 Å². The van der Waals surface area contributed by atoms with Crippen molar-refractivity contribution in [3.8, 4) is 0 Å². The number of hydrogen-bond donors (Lipinski definition) is 0. The highest BCUT2D eigenvalue weighted by Gasteiger charge is 2.22. The summed E-state index contributed by atoms with van der Waals surface area (Å²) in [6.07, 6.45) is 1.73. The average Bonchev–Trinajstić information content (AvgIpc) is 2.15. The molecule has 0 saturated heterocycles. The van der Waals surface area contributed by atoms with Crippen LogP contribution < -0.4 is 0 Å². The van der Waals surface area contributed by atoms with E-state index in [0.29, 0.717) is 0 Å². The Morgan fingerprint density at radius 3 is 2.08 bits per heavy atom. The normalized spacial score (nSPS) is 12.2. The van der Waals surface area contributed by atoms with Gasteiger partial charge in [-0.05, 0) is 11.0 Å². The van der Waals surface area contributed by atoms with Gasteiger partial charge in [0.15, 0.2) is 0 Å². The highest BCUT2D eigenvalue weighted by Crippen LogP contribution is 2.31. The molecule has 0 saturated carbocycles. The Balaban J connectivity index is 3.28. The van der Waals surface area contributed by atoms with Crippen LogP contribution in [0.1, 0.15) is 26.3 Å². The maximum Gasteiger partial charge on any atom is 0.212 e. The molecule has 1 aromatic rings. The Morgan fingerprint density at radius 2 is 1.92 bits per heavy atom. The minimum Gasteiger partial charge on any atom is -0.326 e. The maximum atomic E-state index is 13.1. The predicted octanol–water partition coefficient (Wildman–Crippen LogP) is 3.12. The van der Waals surface area contributed by atoms with E-state index in [9.17, 15) is 4.39 Å². The first-order valence-electron chi connectivity index (χ1n) is 3.85. The summed E-state index contributed by atoms with van der Waals surface area (Å²) >= 11 is 5.80. The highest BCUT2D eigenvalue weighted by molar-refractivity contribution is 6.31. The van der Waals surface area contributed by atoms with Gasteiger partial charge in [-0.25, -0.2) is 0 Å². The van der Waals surface area contributed by atoms with Crippen LogP contribution in [0.3, 0.4) is 0 Å². The van der Waals surface area contributed by atoms with Gasteiger partial charge in [0.05, 0.1) is 5.02 Å². The number of halogens is 2. The van der Waals surface area contributed by atoms with Crippen LogP contribution in [0.5, 0.6) is 0 Å². The quantitative estimate of drug-likeness (QED) is 0.591. The second kappa shape index (κ2) is 2.77. The molecule has 0 atom stereocenters. The monoisotopic (exact) mass is 189 g/mol. The molecule has 0 spiro atoms. The van der Waals surface area contributed by atoms with Gasteiger partial charge in [0.25, 0.3) is 0 Å². The lowest BCUT2D eigenvalue weighted by Gasteiger charge is -2.16. The molecule has 0 unspecified atom stereocenters. The fourth-order valence-corrected chi connectivity index (χ4v) is 1.56. The smallest absolute Gasteiger partial charge is 0.212 e. The molecule has 0 aliphatic heterocycles. The number of rotatable bonds is 0. The molecule has 0 aliphatic rings. The van der Waals surface area contributed by atoms with Gasteiger partial charge in [0.2, 0.25) is 5.95 Å². The molecule has 0 N–H and O–H groups in total. The number of nitrogens with zero attached hydrogens (tertiary/aromatic N) is 1. The zero-order chi connectivity index (χ0) is 9.52. The van der Waals surface area contributed by atoms with Gasteiger partial charge in [0, 0.05) is 13.2 Å². The standard InChI is InChI=1S/C9H13ClFN/c1-9(2,3)6-5-12(4)8(11)7(6)10/h5H,1-4H3. The average molecular weight is 190 g/mol. The highest BCUT2D eigenvalue weighted by atomic mass is 35.5. The molecule has 0 radical (unpaired) electrons. The molecule has 0 aliphatic carbocycles. The van der Waals surface area contributed by atoms with E-state index in [1.165, 1.54) is 4.57 Å². The van der Waals surface area contributed by atoms with Gasteiger partial charge in [-0.3, -0.25) is 0 Å². The maximum absolute atomic E-state index is 13.1. The van der Waals surface area contributed by atoms with Gasteiger partial charge in [-0.1, -0.05) is 32.4 Å². The Hall–Kier alpha value is -0.500. The van der Waals surface area contributed by atoms with Gasteiger partial charge in [0.1, 0.15) is 0 Å². The van der Waals surface area contributed by atoms with Crippen LogP contribution in [0.4, 0.5) is 4.39 Å². The molecule has 0 amide bonds. The second-order valence-corrected chi connectivity index (χ2v) is 4.39. The zero-order valence-electron chi connectivity index (χ0n) is 7.78. The molecular weight excluding hydrogens is 177 g/mol. The number of aromatic nitrogens is 1. The summed E-state index contributed by atoms with van der Waals surface area (Å²) < 4.78 is 14.5. The first kappa shape index (κ1) is 9.59. The summed E-state index contributed by atoms with van der Waals surface area (Å²) in [4.78, 5) is 0. The van der Waals surface area contributed by atoms with E-state index in [1.54, 1.807) is 13.2 Å². The zero-order valence-corrected chi connectivity index (χ0v) is 8.54. The van der Waals surface area contributed by atoms with Gasteiger partial charge < -0.3 is 4.57 Å². The minimum atomic E-state index is -0.360. The lowest BCUT2D eigenvalue weighted by Crippen LogP contribution is -2.10. The molecule has 3 heteroatoms. The van der Waals surface area contributed by atoms with Crippen molar-refractivity contribution in [3.05, 3.63) is 22.7 Å². The second-order valence-electron chi connectivity index (χ2n) is 4.01. The summed E-state index contributed by atoms with van der Waals surface area (Å²) in [7, 11) is 1.65. The van der Waals surface area contributed by atoms with Crippen molar-refractivity contribution in [2.45, 2.75) is 26.2 Å². The minimum absolute atomic E-state index is 0.0980. The van der Waals surface area contributed by atoms with Crippen LogP contribution in [0.2, 0.25) is 5.02 Å². The van der Waals surface area contributed by atoms with Crippen LogP contribution in [-0.4, -0.2) is 4.57 Å². The van der Waals surface area contributed by atoms with Crippen LogP contribution in [0.15, 0.2) is 6.20 Å². The fraction of sp³-hybridized carbons (Fsp3) is 0.556. The van der Waals surface area contributed by atoms with E-state index in [-0.39, 0.29) is 16.4 Å². The van der Waals surface area contributed by atoms with E-state index in [1.807, 2.05) is 20.8 Å². The molecule has 68 valence electrons. The third-order valence-electron chi connectivity index (χ3n) is 1.86. The van der Waals surface area contributed by atoms with Crippen molar-refractivity contribution in [2.75, 3.05) is 0 Å². The van der Waals surface area contributed by atoms with Crippen molar-refractivity contribution >= 4 is 11.6 Å². The van der Waals surface area contributed by atoms with E-state index < -0.39 is 0 Å². The van der Waals surface area contributed by atoms with E-state index >= 15 is 0 Å². The van der Waals surface area contributed by atoms with Gasteiger partial charge in [-0.2, -0.15) is 4.39 Å². The molecule has 1 aromatic heterocycles. The number of hydrogen-bond acceptors (Lipinski definition) is 0. The number of aryl methyl sites for hydroxylation is 1. The van der Waals surface area contributed by atoms with Crippen molar-refractivity contribution in [3.63, 3.8) is 0 Å².